The van der Waals surface area contributed by atoms with Gasteiger partial charge in [0, 0.05) is 0 Å². The molecule has 0 aliphatic heterocycles. The number of hydrogen-bond acceptors (Lipinski definition) is 5. The third kappa shape index (κ3) is 3.99. The summed E-state index contributed by atoms with van der Waals surface area (Å²) in [6.45, 7) is -0.726. The smallest absolute Gasteiger partial charge is 0.348 e. The van der Waals surface area contributed by atoms with Crippen LogP contribution in [0.5, 0.6) is 0 Å². The summed E-state index contributed by atoms with van der Waals surface area (Å²) in [6.07, 6.45) is -0.562. The van der Waals surface area contributed by atoms with Gasteiger partial charge in [0.2, 0.25) is 0 Å². The van der Waals surface area contributed by atoms with Crippen molar-refractivity contribution in [2.24, 2.45) is 0 Å². The van der Waals surface area contributed by atoms with E-state index in [-0.39, 0.29) is 6.61 Å². The summed E-state index contributed by atoms with van der Waals surface area (Å²) in [7, 11) is 0. The van der Waals surface area contributed by atoms with Crippen molar-refractivity contribution in [2.45, 2.75) is 6.10 Å². The van der Waals surface area contributed by atoms with E-state index < -0.39 is 18.7 Å². The zero-order valence-electron chi connectivity index (χ0n) is 5.28. The van der Waals surface area contributed by atoms with Crippen molar-refractivity contribution in [3.05, 3.63) is 0 Å². The molecule has 5 nitrogen and oxygen atoms in total. The molecule has 0 spiro atoms. The Kier molecular flexibility index (Phi) is 4.43. The Morgan fingerprint density at radius 2 is 2.40 bits per heavy atom. The van der Waals surface area contributed by atoms with Gasteiger partial charge < -0.3 is 20.4 Å². The summed E-state index contributed by atoms with van der Waals surface area (Å²) < 4.78 is 4.25. The number of esters is 1. The Labute approximate surface area is 57.7 Å². The van der Waals surface area contributed by atoms with E-state index in [1.165, 1.54) is 0 Å². The number of carbonyl (C=O) groups is 1. The first kappa shape index (κ1) is 9.06. The van der Waals surface area contributed by atoms with E-state index in [0.29, 0.717) is 6.21 Å². The summed E-state index contributed by atoms with van der Waals surface area (Å²) >= 11 is 0. The van der Waals surface area contributed by atoms with Crippen molar-refractivity contribution in [1.29, 1.82) is 5.41 Å². The fourth-order valence-electron chi connectivity index (χ4n) is 0.273. The van der Waals surface area contributed by atoms with E-state index in [0.717, 1.165) is 0 Å². The van der Waals surface area contributed by atoms with Crippen molar-refractivity contribution in [3.8, 4) is 0 Å². The van der Waals surface area contributed by atoms with Gasteiger partial charge in [-0.15, -0.1) is 0 Å². The lowest BCUT2D eigenvalue weighted by Gasteiger charge is -2.05. The summed E-state index contributed by atoms with van der Waals surface area (Å²) in [5.41, 5.74) is 0. The molecular formula is C5H9NO4. The van der Waals surface area contributed by atoms with Gasteiger partial charge in [-0.2, -0.15) is 0 Å². The SMILES string of the molecule is N=CC(=O)OCC(O)CO. The molecule has 0 amide bonds. The number of ether oxygens (including phenoxy) is 1. The molecular weight excluding hydrogens is 138 g/mol. The van der Waals surface area contributed by atoms with E-state index in [2.05, 4.69) is 4.74 Å². The molecule has 0 aromatic carbocycles. The van der Waals surface area contributed by atoms with Crippen LogP contribution >= 0.6 is 0 Å². The number of nitrogens with one attached hydrogen (secondary N) is 1. The fraction of sp³-hybridized carbons (Fsp3) is 0.600. The lowest BCUT2D eigenvalue weighted by atomic mass is 10.4. The van der Waals surface area contributed by atoms with E-state index in [4.69, 9.17) is 15.6 Å². The molecule has 0 aromatic heterocycles. The minimum atomic E-state index is -1.05. The third-order valence-corrected chi connectivity index (χ3v) is 0.747. The van der Waals surface area contributed by atoms with Gasteiger partial charge in [0.05, 0.1) is 6.61 Å². The zero-order valence-corrected chi connectivity index (χ0v) is 5.28. The monoisotopic (exact) mass is 147 g/mol. The second-order valence-corrected chi connectivity index (χ2v) is 1.61. The molecule has 0 saturated carbocycles. The Balaban J connectivity index is 3.34. The van der Waals surface area contributed by atoms with Crippen molar-refractivity contribution in [3.63, 3.8) is 0 Å². The Hall–Kier alpha value is -0.940. The fourth-order valence-corrected chi connectivity index (χ4v) is 0.273. The number of carbonyl (C=O) groups excluding carboxylic acids is 1. The number of aliphatic hydroxyl groups excluding tert-OH is 2. The van der Waals surface area contributed by atoms with Crippen molar-refractivity contribution in [2.75, 3.05) is 13.2 Å². The first-order chi connectivity index (χ1) is 4.70. The highest BCUT2D eigenvalue weighted by atomic mass is 16.5. The molecule has 0 bridgehead atoms. The van der Waals surface area contributed by atoms with Gasteiger partial charge in [-0.3, -0.25) is 0 Å². The molecule has 5 heteroatoms. The predicted molar refractivity (Wildman–Crippen MR) is 32.8 cm³/mol. The van der Waals surface area contributed by atoms with Crippen LogP contribution in [0.3, 0.4) is 0 Å². The van der Waals surface area contributed by atoms with Crippen molar-refractivity contribution < 1.29 is 19.7 Å². The number of aliphatic hydroxyl groups is 2. The Morgan fingerprint density at radius 1 is 1.80 bits per heavy atom. The molecule has 10 heavy (non-hydrogen) atoms. The quantitative estimate of drug-likeness (QED) is 0.334. The highest BCUT2D eigenvalue weighted by Gasteiger charge is 2.03. The van der Waals surface area contributed by atoms with E-state index in [9.17, 15) is 4.79 Å². The second kappa shape index (κ2) is 4.89. The molecule has 0 rings (SSSR count). The predicted octanol–water partition coefficient (Wildman–Crippen LogP) is -1.47. The molecule has 0 radical (unpaired) electrons. The lowest BCUT2D eigenvalue weighted by molar-refractivity contribution is -0.138. The summed E-state index contributed by atoms with van der Waals surface area (Å²) in [5.74, 6) is -0.826. The van der Waals surface area contributed by atoms with Gasteiger partial charge in [0.1, 0.15) is 18.9 Å². The summed E-state index contributed by atoms with van der Waals surface area (Å²) in [6, 6.07) is 0. The molecule has 0 fully saturated rings. The van der Waals surface area contributed by atoms with Gasteiger partial charge in [-0.1, -0.05) is 0 Å². The van der Waals surface area contributed by atoms with Crippen LogP contribution in [0.2, 0.25) is 0 Å². The van der Waals surface area contributed by atoms with Gasteiger partial charge >= 0.3 is 5.97 Å². The van der Waals surface area contributed by atoms with E-state index in [1.807, 2.05) is 0 Å². The van der Waals surface area contributed by atoms with Crippen LogP contribution in [0.1, 0.15) is 0 Å². The van der Waals surface area contributed by atoms with E-state index in [1.54, 1.807) is 0 Å². The first-order valence-electron chi connectivity index (χ1n) is 2.67. The average Bonchev–Trinajstić information content (AvgIpc) is 1.99. The van der Waals surface area contributed by atoms with Gasteiger partial charge in [0.15, 0.2) is 0 Å². The van der Waals surface area contributed by atoms with Crippen LogP contribution in [-0.2, 0) is 9.53 Å². The van der Waals surface area contributed by atoms with Crippen LogP contribution in [0.25, 0.3) is 0 Å². The minimum absolute atomic E-state index is 0.273. The molecule has 0 heterocycles. The van der Waals surface area contributed by atoms with E-state index >= 15 is 0 Å². The molecule has 0 aliphatic rings. The minimum Gasteiger partial charge on any atom is -0.459 e. The van der Waals surface area contributed by atoms with Crippen LogP contribution < -0.4 is 0 Å². The Morgan fingerprint density at radius 3 is 2.80 bits per heavy atom. The summed E-state index contributed by atoms with van der Waals surface area (Å²) in [4.78, 5) is 10.2. The average molecular weight is 147 g/mol. The second-order valence-electron chi connectivity index (χ2n) is 1.61. The van der Waals surface area contributed by atoms with Crippen molar-refractivity contribution in [1.82, 2.24) is 0 Å². The topological polar surface area (TPSA) is 90.6 Å². The number of hydrogen-bond donors (Lipinski definition) is 3. The molecule has 0 aromatic rings. The van der Waals surface area contributed by atoms with Crippen LogP contribution in [0.4, 0.5) is 0 Å². The molecule has 3 N–H and O–H groups in total. The molecule has 0 saturated heterocycles. The third-order valence-electron chi connectivity index (χ3n) is 0.747. The zero-order chi connectivity index (χ0) is 7.98. The molecule has 58 valence electrons. The summed E-state index contributed by atoms with van der Waals surface area (Å²) in [5, 5.41) is 23.2. The first-order valence-corrected chi connectivity index (χ1v) is 2.67. The van der Waals surface area contributed by atoms with Gasteiger partial charge in [-0.05, 0) is 0 Å². The van der Waals surface area contributed by atoms with Crippen LogP contribution in [0, 0.1) is 5.41 Å². The molecule has 1 atom stereocenters. The maximum Gasteiger partial charge on any atom is 0.348 e. The van der Waals surface area contributed by atoms with Crippen LogP contribution in [0.15, 0.2) is 0 Å². The van der Waals surface area contributed by atoms with Gasteiger partial charge in [0.25, 0.3) is 0 Å². The lowest BCUT2D eigenvalue weighted by Crippen LogP contribution is -2.22. The van der Waals surface area contributed by atoms with Crippen molar-refractivity contribution >= 4 is 12.2 Å². The van der Waals surface area contributed by atoms with Gasteiger partial charge in [-0.25, -0.2) is 4.79 Å². The highest BCUT2D eigenvalue weighted by Crippen LogP contribution is 1.82. The molecule has 0 aliphatic carbocycles. The normalized spacial score (nSPS) is 12.2. The maximum absolute atomic E-state index is 10.2. The standard InChI is InChI=1S/C5H9NO4/c6-1-5(9)10-3-4(8)2-7/h1,4,6-8H,2-3H2. The largest absolute Gasteiger partial charge is 0.459 e. The van der Waals surface area contributed by atoms with Crippen LogP contribution in [-0.4, -0.2) is 41.7 Å². The number of rotatable bonds is 4. The highest BCUT2D eigenvalue weighted by molar-refractivity contribution is 6.21. The maximum atomic E-state index is 10.2. The Bertz CT molecular complexity index is 125. The molecule has 1 unspecified atom stereocenters.